The molecular formula is C40H37N3O5S. The van der Waals surface area contributed by atoms with E-state index in [1.807, 2.05) is 80.6 Å². The molecule has 5 aromatic rings. The predicted molar refractivity (Wildman–Crippen MR) is 196 cm³/mol. The third kappa shape index (κ3) is 9.18. The van der Waals surface area contributed by atoms with Gasteiger partial charge in [-0.05, 0) is 90.7 Å². The van der Waals surface area contributed by atoms with E-state index in [0.717, 1.165) is 27.3 Å². The number of hydrogen-bond acceptors (Lipinski definition) is 6. The van der Waals surface area contributed by atoms with Crippen LogP contribution in [-0.4, -0.2) is 31.9 Å². The number of carbonyl (C=O) groups is 3. The first kappa shape index (κ1) is 34.5. The molecule has 3 amide bonds. The number of nitrogens with one attached hydrogen (secondary N) is 3. The molecule has 0 radical (unpaired) electrons. The van der Waals surface area contributed by atoms with Crippen molar-refractivity contribution in [3.63, 3.8) is 0 Å². The van der Waals surface area contributed by atoms with E-state index in [0.29, 0.717) is 28.3 Å². The van der Waals surface area contributed by atoms with Crippen LogP contribution in [0.1, 0.15) is 37.9 Å². The largest absolute Gasteiger partial charge is 0.493 e. The Morgan fingerprint density at radius 3 is 2.14 bits per heavy atom. The first-order chi connectivity index (χ1) is 23.7. The lowest BCUT2D eigenvalue weighted by Crippen LogP contribution is -2.30. The van der Waals surface area contributed by atoms with Crippen molar-refractivity contribution in [2.45, 2.75) is 24.0 Å². The summed E-state index contributed by atoms with van der Waals surface area (Å²) in [6.45, 7) is 3.95. The van der Waals surface area contributed by atoms with Crippen molar-refractivity contribution in [3.8, 4) is 11.5 Å². The van der Waals surface area contributed by atoms with Crippen molar-refractivity contribution in [3.05, 3.63) is 155 Å². The number of ether oxygens (including phenoxy) is 2. The summed E-state index contributed by atoms with van der Waals surface area (Å²) in [5, 5.41) is 8.21. The molecule has 0 bridgehead atoms. The molecule has 1 atom stereocenters. The molecule has 8 nitrogen and oxygen atoms in total. The lowest BCUT2D eigenvalue weighted by molar-refractivity contribution is -0.116. The molecule has 0 spiro atoms. The van der Waals surface area contributed by atoms with Gasteiger partial charge in [0, 0.05) is 21.8 Å². The quantitative estimate of drug-likeness (QED) is 0.0913. The zero-order valence-electron chi connectivity index (χ0n) is 27.7. The number of hydrogen-bond donors (Lipinski definition) is 3. The highest BCUT2D eigenvalue weighted by Crippen LogP contribution is 2.37. The predicted octanol–water partition coefficient (Wildman–Crippen LogP) is 8.20. The Hall–Kier alpha value is -5.80. The third-order valence-electron chi connectivity index (χ3n) is 7.58. The van der Waals surface area contributed by atoms with Crippen LogP contribution in [0.4, 0.5) is 11.4 Å². The monoisotopic (exact) mass is 671 g/mol. The summed E-state index contributed by atoms with van der Waals surface area (Å²) in [4.78, 5) is 41.4. The minimum absolute atomic E-state index is 0.0224. The van der Waals surface area contributed by atoms with Crippen LogP contribution >= 0.6 is 11.8 Å². The van der Waals surface area contributed by atoms with Gasteiger partial charge in [0.15, 0.2) is 11.5 Å². The normalized spacial score (nSPS) is 11.6. The Morgan fingerprint density at radius 2 is 1.43 bits per heavy atom. The molecule has 9 heteroatoms. The van der Waals surface area contributed by atoms with Crippen molar-refractivity contribution < 1.29 is 23.9 Å². The van der Waals surface area contributed by atoms with Crippen molar-refractivity contribution in [1.82, 2.24) is 5.32 Å². The summed E-state index contributed by atoms with van der Waals surface area (Å²) >= 11 is 1.37. The molecule has 0 saturated carbocycles. The van der Waals surface area contributed by atoms with Gasteiger partial charge in [0.05, 0.1) is 14.2 Å². The fraction of sp³-hybridized carbons (Fsp3) is 0.125. The van der Waals surface area contributed by atoms with Crippen molar-refractivity contribution in [2.75, 3.05) is 24.9 Å². The first-order valence-corrected chi connectivity index (χ1v) is 16.4. The number of thioether (sulfide) groups is 1. The topological polar surface area (TPSA) is 106 Å². The maximum absolute atomic E-state index is 13.8. The van der Waals surface area contributed by atoms with Gasteiger partial charge in [-0.25, -0.2) is 0 Å². The summed E-state index contributed by atoms with van der Waals surface area (Å²) in [7, 11) is 3.06. The van der Waals surface area contributed by atoms with E-state index in [2.05, 4.69) is 16.0 Å². The van der Waals surface area contributed by atoms with Crippen LogP contribution in [0.3, 0.4) is 0 Å². The molecule has 0 aliphatic carbocycles. The van der Waals surface area contributed by atoms with Crippen LogP contribution in [0, 0.1) is 13.8 Å². The number of aryl methyl sites for hydroxylation is 2. The number of benzene rings is 5. The molecule has 0 aromatic heterocycles. The molecule has 0 fully saturated rings. The fourth-order valence-electron chi connectivity index (χ4n) is 5.00. The second kappa shape index (κ2) is 16.3. The first-order valence-electron chi connectivity index (χ1n) is 15.6. The Labute approximate surface area is 290 Å². The van der Waals surface area contributed by atoms with Crippen molar-refractivity contribution in [1.29, 1.82) is 0 Å². The van der Waals surface area contributed by atoms with Gasteiger partial charge in [-0.15, -0.1) is 11.8 Å². The summed E-state index contributed by atoms with van der Waals surface area (Å²) in [6.07, 6.45) is 1.57. The molecule has 0 aliphatic heterocycles. The van der Waals surface area contributed by atoms with E-state index < -0.39 is 17.1 Å². The van der Waals surface area contributed by atoms with E-state index >= 15 is 0 Å². The Bertz CT molecular complexity index is 1980. The Morgan fingerprint density at radius 1 is 0.714 bits per heavy atom. The highest BCUT2D eigenvalue weighted by Gasteiger charge is 2.23. The van der Waals surface area contributed by atoms with E-state index in [9.17, 15) is 14.4 Å². The highest BCUT2D eigenvalue weighted by molar-refractivity contribution is 8.00. The smallest absolute Gasteiger partial charge is 0.272 e. The molecule has 0 aliphatic rings. The van der Waals surface area contributed by atoms with E-state index in [1.54, 1.807) is 60.7 Å². The van der Waals surface area contributed by atoms with Crippen LogP contribution in [0.5, 0.6) is 11.5 Å². The SMILES string of the molecule is COc1ccc(/C=C(/NC(=O)c2ccccc2)C(=O)Nc2cccc(SC(C(=O)Nc3cc(C)ccc3C)c3ccccc3)c2)cc1OC. The molecule has 5 aromatic carbocycles. The minimum Gasteiger partial charge on any atom is -0.493 e. The van der Waals surface area contributed by atoms with Crippen LogP contribution in [0.25, 0.3) is 6.08 Å². The van der Waals surface area contributed by atoms with Crippen LogP contribution in [0.15, 0.2) is 132 Å². The van der Waals surface area contributed by atoms with Gasteiger partial charge in [0.25, 0.3) is 11.8 Å². The zero-order valence-corrected chi connectivity index (χ0v) is 28.5. The van der Waals surface area contributed by atoms with Gasteiger partial charge in [-0.2, -0.15) is 0 Å². The Balaban J connectivity index is 1.41. The average molecular weight is 672 g/mol. The third-order valence-corrected chi connectivity index (χ3v) is 8.83. The van der Waals surface area contributed by atoms with E-state index in [-0.39, 0.29) is 11.6 Å². The van der Waals surface area contributed by atoms with E-state index in [1.165, 1.54) is 26.0 Å². The number of methoxy groups -OCH3 is 2. The zero-order chi connectivity index (χ0) is 34.8. The van der Waals surface area contributed by atoms with Crippen LogP contribution < -0.4 is 25.4 Å². The summed E-state index contributed by atoms with van der Waals surface area (Å²) < 4.78 is 10.8. The van der Waals surface area contributed by atoms with Crippen molar-refractivity contribution in [2.24, 2.45) is 0 Å². The number of carbonyl (C=O) groups excluding carboxylic acids is 3. The lowest BCUT2D eigenvalue weighted by Gasteiger charge is -2.19. The van der Waals surface area contributed by atoms with Crippen LogP contribution in [0.2, 0.25) is 0 Å². The second-order valence-corrected chi connectivity index (χ2v) is 12.4. The van der Waals surface area contributed by atoms with Gasteiger partial charge in [-0.3, -0.25) is 14.4 Å². The minimum atomic E-state index is -0.572. The molecule has 3 N–H and O–H groups in total. The summed E-state index contributed by atoms with van der Waals surface area (Å²) in [6, 6.07) is 36.6. The Kier molecular flexibility index (Phi) is 11.5. The number of amides is 3. The van der Waals surface area contributed by atoms with Gasteiger partial charge in [0.1, 0.15) is 10.9 Å². The van der Waals surface area contributed by atoms with Crippen LogP contribution in [-0.2, 0) is 9.59 Å². The summed E-state index contributed by atoms with van der Waals surface area (Å²) in [5.74, 6) is -0.126. The van der Waals surface area contributed by atoms with Gasteiger partial charge < -0.3 is 25.4 Å². The van der Waals surface area contributed by atoms with E-state index in [4.69, 9.17) is 9.47 Å². The molecule has 0 heterocycles. The van der Waals surface area contributed by atoms with Gasteiger partial charge >= 0.3 is 0 Å². The van der Waals surface area contributed by atoms with Gasteiger partial charge in [0.2, 0.25) is 5.91 Å². The molecule has 0 saturated heterocycles. The molecule has 49 heavy (non-hydrogen) atoms. The molecular weight excluding hydrogens is 635 g/mol. The van der Waals surface area contributed by atoms with Crippen molar-refractivity contribution >= 4 is 46.9 Å². The standard InChI is InChI=1S/C40H37N3O5S/c1-26-18-19-27(2)33(22-26)42-40(46)37(29-12-7-5-8-13-29)49-32-17-11-16-31(25-32)41-39(45)34(43-38(44)30-14-9-6-10-15-30)23-28-20-21-35(47-3)36(24-28)48-4/h5-25,37H,1-4H3,(H,41,45)(H,42,46)(H,43,44)/b34-23+. The number of anilines is 2. The average Bonchev–Trinajstić information content (AvgIpc) is 3.12. The van der Waals surface area contributed by atoms with Gasteiger partial charge in [-0.1, -0.05) is 72.8 Å². The fourth-order valence-corrected chi connectivity index (χ4v) is 6.09. The second-order valence-electron chi connectivity index (χ2n) is 11.2. The maximum Gasteiger partial charge on any atom is 0.272 e. The number of rotatable bonds is 12. The molecule has 248 valence electrons. The maximum atomic E-state index is 13.8. The highest BCUT2D eigenvalue weighted by atomic mass is 32.2. The lowest BCUT2D eigenvalue weighted by atomic mass is 10.1. The molecule has 1 unspecified atom stereocenters. The molecule has 5 rings (SSSR count). The summed E-state index contributed by atoms with van der Waals surface area (Å²) in [5.41, 5.74) is 5.15.